The highest BCUT2D eigenvalue weighted by atomic mass is 79.9. The monoisotopic (exact) mass is 569 g/mol. The number of hydrogen-bond donors (Lipinski definition) is 0. The summed E-state index contributed by atoms with van der Waals surface area (Å²) in [6, 6.07) is 9.72. The Morgan fingerprint density at radius 1 is 1.09 bits per heavy atom. The third-order valence-corrected chi connectivity index (χ3v) is 6.32. The van der Waals surface area contributed by atoms with Gasteiger partial charge in [0.1, 0.15) is 11.6 Å². The molecule has 0 radical (unpaired) electrons. The first-order valence-corrected chi connectivity index (χ1v) is 10.6. The van der Waals surface area contributed by atoms with Crippen molar-refractivity contribution in [2.45, 2.75) is 9.41 Å². The summed E-state index contributed by atoms with van der Waals surface area (Å²) in [6.07, 6.45) is -1.80. The van der Waals surface area contributed by atoms with Crippen molar-refractivity contribution in [2.75, 3.05) is 12.0 Å². The Morgan fingerprint density at radius 3 is 2.47 bits per heavy atom. The largest absolute Gasteiger partial charge is 0.465 e. The standard InChI is InChI=1S/C21H12Br2F3N3O3/c1-32-18(30)13-10-11(5-6-14(13)21(24,25)26)12-7-9-28-17-16(12)20(22,23)19(31)29(17)15-4-2-3-8-27-15/h2-10H,1H3. The lowest BCUT2D eigenvalue weighted by Gasteiger charge is -2.17. The molecule has 4 rings (SSSR count). The minimum atomic E-state index is -4.75. The van der Waals surface area contributed by atoms with Crippen molar-refractivity contribution in [1.29, 1.82) is 0 Å². The molecular weight excluding hydrogens is 559 g/mol. The summed E-state index contributed by atoms with van der Waals surface area (Å²) in [6.45, 7) is 0. The average Bonchev–Trinajstić information content (AvgIpc) is 2.98. The highest BCUT2D eigenvalue weighted by Crippen LogP contribution is 2.55. The van der Waals surface area contributed by atoms with Crippen LogP contribution >= 0.6 is 31.9 Å². The first kappa shape index (κ1) is 22.4. The van der Waals surface area contributed by atoms with Gasteiger partial charge in [-0.05, 0) is 41.5 Å². The van der Waals surface area contributed by atoms with E-state index >= 15 is 0 Å². The molecule has 0 aliphatic carbocycles. The molecule has 6 nitrogen and oxygen atoms in total. The van der Waals surface area contributed by atoms with Gasteiger partial charge in [-0.3, -0.25) is 4.79 Å². The Morgan fingerprint density at radius 2 is 1.84 bits per heavy atom. The van der Waals surface area contributed by atoms with Gasteiger partial charge >= 0.3 is 12.1 Å². The number of esters is 1. The number of carbonyl (C=O) groups is 2. The molecule has 11 heteroatoms. The van der Waals surface area contributed by atoms with Crippen molar-refractivity contribution in [3.05, 3.63) is 71.5 Å². The Balaban J connectivity index is 1.94. The van der Waals surface area contributed by atoms with Crippen LogP contribution in [0.3, 0.4) is 0 Å². The number of ether oxygens (including phenoxy) is 1. The van der Waals surface area contributed by atoms with Gasteiger partial charge < -0.3 is 4.74 Å². The van der Waals surface area contributed by atoms with Gasteiger partial charge in [-0.2, -0.15) is 13.2 Å². The van der Waals surface area contributed by atoms with Gasteiger partial charge in [0.25, 0.3) is 5.91 Å². The molecule has 32 heavy (non-hydrogen) atoms. The van der Waals surface area contributed by atoms with Gasteiger partial charge in [0.15, 0.2) is 3.23 Å². The average molecular weight is 571 g/mol. The molecule has 0 saturated heterocycles. The molecule has 0 fully saturated rings. The van der Waals surface area contributed by atoms with E-state index in [4.69, 9.17) is 0 Å². The third-order valence-electron chi connectivity index (χ3n) is 4.85. The quantitative estimate of drug-likeness (QED) is 0.304. The number of amides is 1. The minimum Gasteiger partial charge on any atom is -0.465 e. The van der Waals surface area contributed by atoms with Gasteiger partial charge in [0, 0.05) is 18.0 Å². The summed E-state index contributed by atoms with van der Waals surface area (Å²) in [7, 11) is 1.00. The smallest absolute Gasteiger partial charge is 0.417 e. The molecule has 2 aromatic heterocycles. The fourth-order valence-corrected chi connectivity index (χ4v) is 4.59. The number of aromatic nitrogens is 2. The summed E-state index contributed by atoms with van der Waals surface area (Å²) < 4.78 is 43.4. The first-order valence-electron chi connectivity index (χ1n) is 9.00. The number of carbonyl (C=O) groups excluding carboxylic acids is 2. The van der Waals surface area contributed by atoms with E-state index in [1.165, 1.54) is 23.4 Å². The molecule has 1 aromatic carbocycles. The van der Waals surface area contributed by atoms with Crippen molar-refractivity contribution < 1.29 is 27.5 Å². The normalized spacial score (nSPS) is 14.9. The van der Waals surface area contributed by atoms with Crippen LogP contribution in [0.25, 0.3) is 11.1 Å². The topological polar surface area (TPSA) is 72.4 Å². The highest BCUT2D eigenvalue weighted by molar-refractivity contribution is 9.25. The number of halogens is 5. The van der Waals surface area contributed by atoms with Crippen molar-refractivity contribution in [3.8, 4) is 11.1 Å². The van der Waals surface area contributed by atoms with Crippen LogP contribution in [0.2, 0.25) is 0 Å². The maximum atomic E-state index is 13.4. The number of pyridine rings is 2. The van der Waals surface area contributed by atoms with E-state index in [0.717, 1.165) is 19.2 Å². The Bertz CT molecular complexity index is 1230. The number of benzene rings is 1. The number of hydrogen-bond acceptors (Lipinski definition) is 5. The second kappa shape index (κ2) is 7.96. The van der Waals surface area contributed by atoms with E-state index in [0.29, 0.717) is 16.9 Å². The van der Waals surface area contributed by atoms with Gasteiger partial charge in [-0.1, -0.05) is 44.0 Å². The number of methoxy groups -OCH3 is 1. The zero-order valence-corrected chi connectivity index (χ0v) is 19.3. The summed E-state index contributed by atoms with van der Waals surface area (Å²) >= 11 is 6.77. The molecule has 0 spiro atoms. The summed E-state index contributed by atoms with van der Waals surface area (Å²) in [4.78, 5) is 35.1. The lowest BCUT2D eigenvalue weighted by Crippen LogP contribution is -2.29. The van der Waals surface area contributed by atoms with E-state index in [9.17, 15) is 22.8 Å². The number of nitrogens with zero attached hydrogens (tertiary/aromatic N) is 3. The molecule has 0 bridgehead atoms. The van der Waals surface area contributed by atoms with Crippen LogP contribution in [-0.4, -0.2) is 29.0 Å². The molecule has 1 amide bonds. The van der Waals surface area contributed by atoms with E-state index in [1.54, 1.807) is 24.3 Å². The molecule has 164 valence electrons. The summed E-state index contributed by atoms with van der Waals surface area (Å²) in [5, 5.41) is 0. The second-order valence-corrected chi connectivity index (χ2v) is 10.2. The summed E-state index contributed by atoms with van der Waals surface area (Å²) in [5.41, 5.74) is -0.714. The molecule has 1 aliphatic rings. The van der Waals surface area contributed by atoms with Crippen LogP contribution in [-0.2, 0) is 18.9 Å². The Kier molecular flexibility index (Phi) is 5.58. The SMILES string of the molecule is COC(=O)c1cc(-c2ccnc3c2C(Br)(Br)C(=O)N3c2ccccn2)ccc1C(F)(F)F. The second-order valence-electron chi connectivity index (χ2n) is 6.71. The number of rotatable bonds is 3. The zero-order valence-electron chi connectivity index (χ0n) is 16.2. The lowest BCUT2D eigenvalue weighted by molar-refractivity contribution is -0.138. The minimum absolute atomic E-state index is 0.250. The Labute approximate surface area is 196 Å². The molecule has 0 unspecified atom stereocenters. The maximum absolute atomic E-state index is 13.4. The summed E-state index contributed by atoms with van der Waals surface area (Å²) in [5.74, 6) is -0.988. The van der Waals surface area contributed by atoms with Crippen molar-refractivity contribution >= 4 is 55.4 Å². The third kappa shape index (κ3) is 3.58. The van der Waals surface area contributed by atoms with Gasteiger partial charge in [-0.25, -0.2) is 19.7 Å². The number of fused-ring (bicyclic) bond motifs is 1. The van der Waals surface area contributed by atoms with Gasteiger partial charge in [0.2, 0.25) is 0 Å². The van der Waals surface area contributed by atoms with Crippen molar-refractivity contribution in [3.63, 3.8) is 0 Å². The van der Waals surface area contributed by atoms with Crippen molar-refractivity contribution in [1.82, 2.24) is 9.97 Å². The predicted octanol–water partition coefficient (Wildman–Crippen LogP) is 5.57. The Hall–Kier alpha value is -2.79. The molecule has 3 aromatic rings. The predicted molar refractivity (Wildman–Crippen MR) is 117 cm³/mol. The van der Waals surface area contributed by atoms with Gasteiger partial charge in [-0.15, -0.1) is 0 Å². The van der Waals surface area contributed by atoms with Crippen LogP contribution in [0, 0.1) is 0 Å². The van der Waals surface area contributed by atoms with Crippen LogP contribution in [0.1, 0.15) is 21.5 Å². The van der Waals surface area contributed by atoms with Crippen LogP contribution in [0.4, 0.5) is 24.8 Å². The maximum Gasteiger partial charge on any atom is 0.417 e. The molecule has 0 saturated carbocycles. The molecule has 0 atom stereocenters. The van der Waals surface area contributed by atoms with E-state index in [1.807, 2.05) is 0 Å². The molecular formula is C21H12Br2F3N3O3. The fourth-order valence-electron chi connectivity index (χ4n) is 3.45. The van der Waals surface area contributed by atoms with Crippen molar-refractivity contribution in [2.24, 2.45) is 0 Å². The van der Waals surface area contributed by atoms with Gasteiger partial charge in [0.05, 0.1) is 18.2 Å². The first-order chi connectivity index (χ1) is 15.1. The molecule has 1 aliphatic heterocycles. The lowest BCUT2D eigenvalue weighted by atomic mass is 9.95. The highest BCUT2D eigenvalue weighted by Gasteiger charge is 2.51. The van der Waals surface area contributed by atoms with E-state index in [-0.39, 0.29) is 11.4 Å². The zero-order chi connectivity index (χ0) is 23.3. The number of anilines is 2. The van der Waals surface area contributed by atoms with Crippen LogP contribution in [0.5, 0.6) is 0 Å². The van der Waals surface area contributed by atoms with E-state index in [2.05, 4.69) is 46.6 Å². The van der Waals surface area contributed by atoms with E-state index < -0.39 is 32.4 Å². The van der Waals surface area contributed by atoms with Crippen LogP contribution < -0.4 is 4.90 Å². The fraction of sp³-hybridized carbons (Fsp3) is 0.143. The molecule has 3 heterocycles. The number of alkyl halides is 5. The molecule has 0 N–H and O–H groups in total. The van der Waals surface area contributed by atoms with Crippen LogP contribution in [0.15, 0.2) is 54.9 Å².